The molecule has 3 nitrogen and oxygen atoms in total. The van der Waals surface area contributed by atoms with Gasteiger partial charge in [-0.1, -0.05) is 26.0 Å². The lowest BCUT2D eigenvalue weighted by Crippen LogP contribution is -1.96. The maximum atomic E-state index is 5.48. The van der Waals surface area contributed by atoms with E-state index in [9.17, 15) is 0 Å². The molecule has 0 bridgehead atoms. The molecule has 0 saturated carbocycles. The Kier molecular flexibility index (Phi) is 6.09. The second-order valence-corrected chi connectivity index (χ2v) is 5.70. The molecule has 1 aromatic rings. The van der Waals surface area contributed by atoms with Crippen molar-refractivity contribution in [3.8, 4) is 11.5 Å². The summed E-state index contributed by atoms with van der Waals surface area (Å²) in [4.78, 5) is 1.14. The van der Waals surface area contributed by atoms with E-state index in [1.165, 1.54) is 0 Å². The highest BCUT2D eigenvalue weighted by Crippen LogP contribution is 2.36. The summed E-state index contributed by atoms with van der Waals surface area (Å²) in [6, 6.07) is 4.06. The molecule has 0 fully saturated rings. The average Bonchev–Trinajstić information content (AvgIpc) is 2.35. The average molecular weight is 267 g/mol. The van der Waals surface area contributed by atoms with Crippen LogP contribution in [0.2, 0.25) is 0 Å². The zero-order valence-corrected chi connectivity index (χ0v) is 12.2. The third-order valence-corrected chi connectivity index (χ3v) is 3.29. The maximum Gasteiger partial charge on any atom is 0.130 e. The molecule has 0 aliphatic rings. The fourth-order valence-corrected chi connectivity index (χ4v) is 2.50. The minimum absolute atomic E-state index is 0.495. The Bertz CT molecular complexity index is 391. The summed E-state index contributed by atoms with van der Waals surface area (Å²) in [7, 11) is 3.33. The highest BCUT2D eigenvalue weighted by molar-refractivity contribution is 7.99. The summed E-state index contributed by atoms with van der Waals surface area (Å²) >= 11 is 1.78. The van der Waals surface area contributed by atoms with Gasteiger partial charge in [0.15, 0.2) is 0 Å². The van der Waals surface area contributed by atoms with Crippen molar-refractivity contribution in [3.05, 3.63) is 23.8 Å². The van der Waals surface area contributed by atoms with Crippen molar-refractivity contribution in [2.24, 2.45) is 5.73 Å². The van der Waals surface area contributed by atoms with Gasteiger partial charge in [-0.25, -0.2) is 0 Å². The summed E-state index contributed by atoms with van der Waals surface area (Å²) < 4.78 is 10.8. The van der Waals surface area contributed by atoms with Crippen LogP contribution in [0, 0.1) is 0 Å². The van der Waals surface area contributed by atoms with Gasteiger partial charge >= 0.3 is 0 Å². The molecule has 0 saturated heterocycles. The molecule has 100 valence electrons. The van der Waals surface area contributed by atoms with E-state index in [-0.39, 0.29) is 0 Å². The standard InChI is InChI=1S/C14H21NO2S/c1-10(2)18-11-8-13(16-3)12(6-5-7-15)14(9-11)17-4/h5-6,8-10H,7,15H2,1-4H3/b6-5+. The van der Waals surface area contributed by atoms with E-state index >= 15 is 0 Å². The van der Waals surface area contributed by atoms with Crippen LogP contribution in [0.4, 0.5) is 0 Å². The van der Waals surface area contributed by atoms with Gasteiger partial charge in [-0.2, -0.15) is 0 Å². The van der Waals surface area contributed by atoms with E-state index in [1.54, 1.807) is 26.0 Å². The van der Waals surface area contributed by atoms with Gasteiger partial charge in [0, 0.05) is 16.7 Å². The smallest absolute Gasteiger partial charge is 0.130 e. The van der Waals surface area contributed by atoms with Gasteiger partial charge in [-0.15, -0.1) is 11.8 Å². The van der Waals surface area contributed by atoms with E-state index in [0.29, 0.717) is 11.8 Å². The maximum absolute atomic E-state index is 5.48. The van der Waals surface area contributed by atoms with Crippen LogP contribution in [0.25, 0.3) is 6.08 Å². The number of rotatable bonds is 6. The highest BCUT2D eigenvalue weighted by atomic mass is 32.2. The number of hydrogen-bond donors (Lipinski definition) is 1. The largest absolute Gasteiger partial charge is 0.496 e. The van der Waals surface area contributed by atoms with Crippen molar-refractivity contribution in [3.63, 3.8) is 0 Å². The third-order valence-electron chi connectivity index (χ3n) is 2.31. The van der Waals surface area contributed by atoms with Gasteiger partial charge in [0.25, 0.3) is 0 Å². The Balaban J connectivity index is 3.20. The fourth-order valence-electron chi connectivity index (χ4n) is 1.61. The van der Waals surface area contributed by atoms with Crippen molar-refractivity contribution >= 4 is 17.8 Å². The van der Waals surface area contributed by atoms with E-state index in [2.05, 4.69) is 13.8 Å². The SMILES string of the molecule is COc1cc(SC(C)C)cc(OC)c1/C=C/CN. The van der Waals surface area contributed by atoms with Crippen molar-refractivity contribution in [2.45, 2.75) is 24.0 Å². The minimum Gasteiger partial charge on any atom is -0.496 e. The minimum atomic E-state index is 0.495. The fraction of sp³-hybridized carbons (Fsp3) is 0.429. The molecule has 0 aromatic heterocycles. The Morgan fingerprint density at radius 3 is 2.17 bits per heavy atom. The molecular weight excluding hydrogens is 246 g/mol. The molecule has 0 aliphatic heterocycles. The van der Waals surface area contributed by atoms with Gasteiger partial charge in [0.2, 0.25) is 0 Å². The lowest BCUT2D eigenvalue weighted by Gasteiger charge is -2.14. The number of ether oxygens (including phenoxy) is 2. The Labute approximate surface area is 113 Å². The Hall–Kier alpha value is -1.13. The lowest BCUT2D eigenvalue weighted by atomic mass is 10.1. The normalized spacial score (nSPS) is 11.2. The number of nitrogens with two attached hydrogens (primary N) is 1. The van der Waals surface area contributed by atoms with E-state index in [1.807, 2.05) is 24.3 Å². The lowest BCUT2D eigenvalue weighted by molar-refractivity contribution is 0.390. The number of methoxy groups -OCH3 is 2. The summed E-state index contributed by atoms with van der Waals surface area (Å²) in [6.07, 6.45) is 3.82. The Morgan fingerprint density at radius 2 is 1.78 bits per heavy atom. The predicted octanol–water partition coefficient (Wildman–Crippen LogP) is 3.18. The number of thioether (sulfide) groups is 1. The monoisotopic (exact) mass is 267 g/mol. The zero-order chi connectivity index (χ0) is 13.5. The van der Waals surface area contributed by atoms with Gasteiger partial charge in [-0.05, 0) is 12.1 Å². The van der Waals surface area contributed by atoms with Gasteiger partial charge in [-0.3, -0.25) is 0 Å². The molecule has 0 aliphatic carbocycles. The number of hydrogen-bond acceptors (Lipinski definition) is 4. The molecule has 0 radical (unpaired) electrons. The van der Waals surface area contributed by atoms with Crippen LogP contribution in [0.5, 0.6) is 11.5 Å². The molecule has 1 aromatic carbocycles. The molecule has 0 amide bonds. The molecule has 4 heteroatoms. The second kappa shape index (κ2) is 7.34. The first-order chi connectivity index (χ1) is 8.62. The van der Waals surface area contributed by atoms with Crippen molar-refractivity contribution in [1.29, 1.82) is 0 Å². The third kappa shape index (κ3) is 3.96. The summed E-state index contributed by atoms with van der Waals surface area (Å²) in [6.45, 7) is 4.81. The van der Waals surface area contributed by atoms with E-state index < -0.39 is 0 Å². The number of benzene rings is 1. The summed E-state index contributed by atoms with van der Waals surface area (Å²) in [5.74, 6) is 1.62. The van der Waals surface area contributed by atoms with Gasteiger partial charge < -0.3 is 15.2 Å². The summed E-state index contributed by atoms with van der Waals surface area (Å²) in [5, 5.41) is 0.518. The predicted molar refractivity (Wildman–Crippen MR) is 78.6 cm³/mol. The van der Waals surface area contributed by atoms with E-state index in [4.69, 9.17) is 15.2 Å². The van der Waals surface area contributed by atoms with Crippen LogP contribution >= 0.6 is 11.8 Å². The van der Waals surface area contributed by atoms with Crippen LogP contribution in [-0.4, -0.2) is 26.0 Å². The van der Waals surface area contributed by atoms with Crippen molar-refractivity contribution in [2.75, 3.05) is 20.8 Å². The molecule has 0 heterocycles. The zero-order valence-electron chi connectivity index (χ0n) is 11.4. The summed E-state index contributed by atoms with van der Waals surface area (Å²) in [5.41, 5.74) is 6.41. The van der Waals surface area contributed by atoms with Gasteiger partial charge in [0.05, 0.1) is 19.8 Å². The topological polar surface area (TPSA) is 44.5 Å². The molecule has 1 rings (SSSR count). The molecule has 0 spiro atoms. The van der Waals surface area contributed by atoms with Crippen LogP contribution in [0.15, 0.2) is 23.1 Å². The second-order valence-electron chi connectivity index (χ2n) is 4.05. The Morgan fingerprint density at radius 1 is 1.22 bits per heavy atom. The molecule has 2 N–H and O–H groups in total. The highest BCUT2D eigenvalue weighted by Gasteiger charge is 2.11. The van der Waals surface area contributed by atoms with Crippen LogP contribution in [0.1, 0.15) is 19.4 Å². The first-order valence-corrected chi connectivity index (χ1v) is 6.79. The quantitative estimate of drug-likeness (QED) is 0.804. The first-order valence-electron chi connectivity index (χ1n) is 5.91. The molecule has 18 heavy (non-hydrogen) atoms. The van der Waals surface area contributed by atoms with Crippen LogP contribution in [-0.2, 0) is 0 Å². The first kappa shape index (κ1) is 14.9. The van der Waals surface area contributed by atoms with Crippen molar-refractivity contribution < 1.29 is 9.47 Å². The van der Waals surface area contributed by atoms with Crippen LogP contribution < -0.4 is 15.2 Å². The van der Waals surface area contributed by atoms with Crippen molar-refractivity contribution in [1.82, 2.24) is 0 Å². The molecular formula is C14H21NO2S. The van der Waals surface area contributed by atoms with Gasteiger partial charge in [0.1, 0.15) is 11.5 Å². The molecule has 0 atom stereocenters. The van der Waals surface area contributed by atoms with Crippen LogP contribution in [0.3, 0.4) is 0 Å². The molecule has 0 unspecified atom stereocenters. The van der Waals surface area contributed by atoms with E-state index in [0.717, 1.165) is 22.0 Å².